The van der Waals surface area contributed by atoms with Crippen molar-refractivity contribution in [2.75, 3.05) is 26.2 Å². The van der Waals surface area contributed by atoms with Crippen LogP contribution in [0.3, 0.4) is 0 Å². The van der Waals surface area contributed by atoms with Crippen LogP contribution in [-0.2, 0) is 23.9 Å². The largest absolute Gasteiger partial charge is 0.416 e. The zero-order valence-electron chi connectivity index (χ0n) is 14.2. The predicted molar refractivity (Wildman–Crippen MR) is 91.2 cm³/mol. The van der Waals surface area contributed by atoms with Gasteiger partial charge in [-0.2, -0.15) is 13.2 Å². The molecule has 1 amide bonds. The highest BCUT2D eigenvalue weighted by Gasteiger charge is 2.30. The average Bonchev–Trinajstić information content (AvgIpc) is 2.63. The molecule has 3 rings (SSSR count). The van der Waals surface area contributed by atoms with Gasteiger partial charge in [0, 0.05) is 45.1 Å². The van der Waals surface area contributed by atoms with Crippen molar-refractivity contribution in [2.24, 2.45) is 0 Å². The predicted octanol–water partition coefficient (Wildman–Crippen LogP) is 2.99. The minimum Gasteiger partial charge on any atom is -0.340 e. The molecule has 4 nitrogen and oxygen atoms in total. The molecule has 1 aromatic heterocycles. The van der Waals surface area contributed by atoms with E-state index in [9.17, 15) is 18.0 Å². The summed E-state index contributed by atoms with van der Waals surface area (Å²) >= 11 is 0. The highest BCUT2D eigenvalue weighted by Crippen LogP contribution is 2.29. The van der Waals surface area contributed by atoms with Gasteiger partial charge < -0.3 is 4.90 Å². The maximum atomic E-state index is 12.6. The normalized spacial score (nSPS) is 15.9. The number of pyridine rings is 1. The van der Waals surface area contributed by atoms with E-state index < -0.39 is 11.7 Å². The second kappa shape index (κ2) is 7.86. The lowest BCUT2D eigenvalue weighted by molar-refractivity contribution is -0.137. The Hall–Kier alpha value is -2.41. The summed E-state index contributed by atoms with van der Waals surface area (Å²) < 4.78 is 37.7. The van der Waals surface area contributed by atoms with Crippen LogP contribution in [0.2, 0.25) is 0 Å². The fourth-order valence-electron chi connectivity index (χ4n) is 3.00. The van der Waals surface area contributed by atoms with Crippen molar-refractivity contribution in [1.82, 2.24) is 14.8 Å². The van der Waals surface area contributed by atoms with Crippen molar-refractivity contribution < 1.29 is 18.0 Å². The van der Waals surface area contributed by atoms with Gasteiger partial charge >= 0.3 is 6.18 Å². The average molecular weight is 363 g/mol. The van der Waals surface area contributed by atoms with Crippen LogP contribution in [0, 0.1) is 0 Å². The first-order valence-corrected chi connectivity index (χ1v) is 8.47. The lowest BCUT2D eigenvalue weighted by Crippen LogP contribution is -2.48. The van der Waals surface area contributed by atoms with Crippen molar-refractivity contribution in [3.05, 3.63) is 65.5 Å². The topological polar surface area (TPSA) is 36.4 Å². The number of nitrogens with zero attached hydrogens (tertiary/aromatic N) is 3. The highest BCUT2D eigenvalue weighted by atomic mass is 19.4. The number of amides is 1. The third-order valence-corrected chi connectivity index (χ3v) is 4.49. The zero-order valence-corrected chi connectivity index (χ0v) is 14.2. The summed E-state index contributed by atoms with van der Waals surface area (Å²) in [6.07, 6.45) is -0.655. The Balaban J connectivity index is 1.49. The fraction of sp³-hybridized carbons (Fsp3) is 0.368. The van der Waals surface area contributed by atoms with Gasteiger partial charge in [-0.3, -0.25) is 14.7 Å². The molecule has 0 saturated carbocycles. The molecule has 0 aliphatic carbocycles. The molecule has 1 aliphatic heterocycles. The van der Waals surface area contributed by atoms with E-state index >= 15 is 0 Å². The van der Waals surface area contributed by atoms with E-state index in [0.29, 0.717) is 18.7 Å². The number of benzene rings is 1. The summed E-state index contributed by atoms with van der Waals surface area (Å²) in [7, 11) is 0. The van der Waals surface area contributed by atoms with Crippen molar-refractivity contribution in [3.8, 4) is 0 Å². The van der Waals surface area contributed by atoms with E-state index in [2.05, 4.69) is 9.88 Å². The van der Waals surface area contributed by atoms with Crippen molar-refractivity contribution in [3.63, 3.8) is 0 Å². The molecule has 26 heavy (non-hydrogen) atoms. The summed E-state index contributed by atoms with van der Waals surface area (Å²) in [5.41, 5.74) is 1.04. The molecule has 2 heterocycles. The summed E-state index contributed by atoms with van der Waals surface area (Å²) in [6.45, 7) is 3.59. The number of rotatable bonds is 4. The molecule has 1 saturated heterocycles. The molecule has 0 radical (unpaired) electrons. The van der Waals surface area contributed by atoms with Gasteiger partial charge in [0.2, 0.25) is 5.91 Å². The van der Waals surface area contributed by atoms with Crippen LogP contribution in [-0.4, -0.2) is 46.9 Å². The van der Waals surface area contributed by atoms with Crippen LogP contribution in [0.15, 0.2) is 48.8 Å². The number of alkyl halides is 3. The van der Waals surface area contributed by atoms with Gasteiger partial charge in [-0.25, -0.2) is 0 Å². The van der Waals surface area contributed by atoms with Crippen LogP contribution in [0.1, 0.15) is 16.7 Å². The van der Waals surface area contributed by atoms with Crippen molar-refractivity contribution in [2.45, 2.75) is 19.1 Å². The Kier molecular flexibility index (Phi) is 5.56. The third-order valence-electron chi connectivity index (χ3n) is 4.49. The minimum absolute atomic E-state index is 0.0502. The minimum atomic E-state index is -4.35. The molecule has 1 aromatic carbocycles. The first-order valence-electron chi connectivity index (χ1n) is 8.47. The molecule has 0 bridgehead atoms. The summed E-state index contributed by atoms with van der Waals surface area (Å²) in [5.74, 6) is -0.0502. The number of hydrogen-bond donors (Lipinski definition) is 0. The van der Waals surface area contributed by atoms with Gasteiger partial charge in [0.1, 0.15) is 0 Å². The number of aromatic nitrogens is 1. The van der Waals surface area contributed by atoms with Crippen LogP contribution < -0.4 is 0 Å². The third kappa shape index (κ3) is 4.82. The van der Waals surface area contributed by atoms with Crippen LogP contribution in [0.5, 0.6) is 0 Å². The Bertz CT molecular complexity index is 724. The lowest BCUT2D eigenvalue weighted by Gasteiger charge is -2.34. The number of piperazine rings is 1. The molecule has 1 fully saturated rings. The second-order valence-electron chi connectivity index (χ2n) is 6.39. The molecule has 138 valence electrons. The molecule has 7 heteroatoms. The van der Waals surface area contributed by atoms with Crippen molar-refractivity contribution in [1.29, 1.82) is 0 Å². The summed E-state index contributed by atoms with van der Waals surface area (Å²) in [4.78, 5) is 20.5. The van der Waals surface area contributed by atoms with Crippen molar-refractivity contribution >= 4 is 5.91 Å². The van der Waals surface area contributed by atoms with E-state index in [-0.39, 0.29) is 12.3 Å². The lowest BCUT2D eigenvalue weighted by atomic mass is 10.1. The van der Waals surface area contributed by atoms with Gasteiger partial charge in [-0.05, 0) is 29.3 Å². The van der Waals surface area contributed by atoms with Crippen LogP contribution >= 0.6 is 0 Å². The van der Waals surface area contributed by atoms with E-state index in [1.165, 1.54) is 12.1 Å². The van der Waals surface area contributed by atoms with Gasteiger partial charge in [-0.1, -0.05) is 18.2 Å². The number of halogens is 3. The Morgan fingerprint density at radius 1 is 1.00 bits per heavy atom. The second-order valence-corrected chi connectivity index (χ2v) is 6.39. The van der Waals surface area contributed by atoms with Gasteiger partial charge in [-0.15, -0.1) is 0 Å². The smallest absolute Gasteiger partial charge is 0.340 e. The molecule has 0 unspecified atom stereocenters. The standard InChI is InChI=1S/C19H20F3N3O/c20-19(21,22)17-5-3-15(4-6-17)12-18(26)25-10-8-24(9-11-25)14-16-2-1-7-23-13-16/h1-7,13H,8-12,14H2. The molecule has 0 atom stereocenters. The Morgan fingerprint density at radius 3 is 2.27 bits per heavy atom. The SMILES string of the molecule is O=C(Cc1ccc(C(F)(F)F)cc1)N1CCN(Cc2cccnc2)CC1. The molecule has 2 aromatic rings. The molecule has 0 spiro atoms. The maximum absolute atomic E-state index is 12.6. The number of carbonyl (C=O) groups excluding carboxylic acids is 1. The zero-order chi connectivity index (χ0) is 18.6. The molecule has 0 N–H and O–H groups in total. The quantitative estimate of drug-likeness (QED) is 0.838. The summed E-state index contributed by atoms with van der Waals surface area (Å²) in [5, 5.41) is 0. The van der Waals surface area contributed by atoms with Gasteiger partial charge in [0.15, 0.2) is 0 Å². The first kappa shape index (κ1) is 18.4. The van der Waals surface area contributed by atoms with Crippen LogP contribution in [0.4, 0.5) is 13.2 Å². The highest BCUT2D eigenvalue weighted by molar-refractivity contribution is 5.78. The summed E-state index contributed by atoms with van der Waals surface area (Å²) in [6, 6.07) is 8.72. The van der Waals surface area contributed by atoms with E-state index in [1.807, 2.05) is 18.3 Å². The molecular formula is C19H20F3N3O. The van der Waals surface area contributed by atoms with Gasteiger partial charge in [0.25, 0.3) is 0 Å². The molecular weight excluding hydrogens is 343 g/mol. The monoisotopic (exact) mass is 363 g/mol. The van der Waals surface area contributed by atoms with Crippen LogP contribution in [0.25, 0.3) is 0 Å². The molecule has 1 aliphatic rings. The number of hydrogen-bond acceptors (Lipinski definition) is 3. The van der Waals surface area contributed by atoms with E-state index in [1.54, 1.807) is 11.1 Å². The maximum Gasteiger partial charge on any atom is 0.416 e. The first-order chi connectivity index (χ1) is 12.4. The Labute approximate surface area is 150 Å². The van der Waals surface area contributed by atoms with Gasteiger partial charge in [0.05, 0.1) is 12.0 Å². The van der Waals surface area contributed by atoms with E-state index in [0.717, 1.165) is 37.3 Å². The number of carbonyl (C=O) groups is 1. The Morgan fingerprint density at radius 2 is 1.69 bits per heavy atom. The fourth-order valence-corrected chi connectivity index (χ4v) is 3.00. The van der Waals surface area contributed by atoms with E-state index in [4.69, 9.17) is 0 Å².